The Bertz CT molecular complexity index is 985. The van der Waals surface area contributed by atoms with Crippen molar-refractivity contribution in [2.45, 2.75) is 6.92 Å². The summed E-state index contributed by atoms with van der Waals surface area (Å²) < 4.78 is 16.1. The molecule has 0 bridgehead atoms. The van der Waals surface area contributed by atoms with Crippen LogP contribution in [-0.2, 0) is 0 Å². The van der Waals surface area contributed by atoms with E-state index in [0.29, 0.717) is 28.4 Å². The van der Waals surface area contributed by atoms with Crippen LogP contribution in [0.15, 0.2) is 48.2 Å². The maximum absolute atomic E-state index is 13.0. The molecule has 3 rings (SSSR count). The molecule has 0 aliphatic rings. The number of methoxy groups -OCH3 is 3. The molecule has 0 radical (unpaired) electrons. The van der Waals surface area contributed by atoms with E-state index in [-0.39, 0.29) is 5.78 Å². The van der Waals surface area contributed by atoms with Crippen LogP contribution in [0, 0.1) is 0 Å². The highest BCUT2D eigenvalue weighted by atomic mass is 16.5. The standard InChI is InChI=1S/C21H21NO4/c1-13(11-14-12-22-17-8-6-5-7-15(14)17)19(23)16-9-10-18(24-2)21(26-4)20(16)25-3/h5-12,22H,1-4H3. The molecule has 0 saturated carbocycles. The molecular weight excluding hydrogens is 330 g/mol. The van der Waals surface area contributed by atoms with Crippen LogP contribution in [0.1, 0.15) is 22.8 Å². The van der Waals surface area contributed by atoms with E-state index in [4.69, 9.17) is 14.2 Å². The van der Waals surface area contributed by atoms with E-state index in [1.807, 2.05) is 36.5 Å². The Labute approximate surface area is 152 Å². The Balaban J connectivity index is 2.03. The van der Waals surface area contributed by atoms with Gasteiger partial charge in [0, 0.05) is 22.7 Å². The lowest BCUT2D eigenvalue weighted by Crippen LogP contribution is -2.06. The van der Waals surface area contributed by atoms with Gasteiger partial charge in [-0.3, -0.25) is 4.79 Å². The number of hydrogen-bond donors (Lipinski definition) is 1. The van der Waals surface area contributed by atoms with Gasteiger partial charge in [-0.05, 0) is 36.8 Å². The van der Waals surface area contributed by atoms with Gasteiger partial charge in [0.1, 0.15) is 0 Å². The molecule has 5 nitrogen and oxygen atoms in total. The summed E-state index contributed by atoms with van der Waals surface area (Å²) in [6.45, 7) is 1.79. The number of nitrogens with one attached hydrogen (secondary N) is 1. The molecule has 0 saturated heterocycles. The third-order valence-electron chi connectivity index (χ3n) is 4.30. The van der Waals surface area contributed by atoms with Crippen molar-refractivity contribution in [1.82, 2.24) is 4.98 Å². The number of rotatable bonds is 6. The minimum atomic E-state index is -0.131. The molecule has 0 amide bonds. The first-order valence-corrected chi connectivity index (χ1v) is 8.18. The summed E-state index contributed by atoms with van der Waals surface area (Å²) in [6, 6.07) is 11.4. The average molecular weight is 351 g/mol. The van der Waals surface area contributed by atoms with Crippen LogP contribution in [0.5, 0.6) is 17.2 Å². The molecule has 2 aromatic carbocycles. The van der Waals surface area contributed by atoms with Crippen molar-refractivity contribution in [3.05, 3.63) is 59.3 Å². The average Bonchev–Trinajstić information content (AvgIpc) is 3.08. The van der Waals surface area contributed by atoms with Crippen molar-refractivity contribution < 1.29 is 19.0 Å². The maximum atomic E-state index is 13.0. The van der Waals surface area contributed by atoms with Crippen LogP contribution in [0.3, 0.4) is 0 Å². The van der Waals surface area contributed by atoms with Crippen LogP contribution in [0.4, 0.5) is 0 Å². The van der Waals surface area contributed by atoms with Crippen LogP contribution >= 0.6 is 0 Å². The number of fused-ring (bicyclic) bond motifs is 1. The Kier molecular flexibility index (Phi) is 4.98. The fourth-order valence-electron chi connectivity index (χ4n) is 3.00. The zero-order chi connectivity index (χ0) is 18.7. The van der Waals surface area contributed by atoms with Crippen molar-refractivity contribution in [2.24, 2.45) is 0 Å². The van der Waals surface area contributed by atoms with Crippen molar-refractivity contribution in [3.8, 4) is 17.2 Å². The molecule has 0 spiro atoms. The Morgan fingerprint density at radius 2 is 1.69 bits per heavy atom. The maximum Gasteiger partial charge on any atom is 0.204 e. The van der Waals surface area contributed by atoms with Crippen molar-refractivity contribution in [1.29, 1.82) is 0 Å². The third kappa shape index (κ3) is 3.04. The van der Waals surface area contributed by atoms with Gasteiger partial charge in [0.25, 0.3) is 0 Å². The largest absolute Gasteiger partial charge is 0.493 e. The van der Waals surface area contributed by atoms with Gasteiger partial charge in [0.2, 0.25) is 5.75 Å². The van der Waals surface area contributed by atoms with Gasteiger partial charge in [-0.1, -0.05) is 18.2 Å². The number of H-pyrrole nitrogens is 1. The first-order valence-electron chi connectivity index (χ1n) is 8.18. The number of hydrogen-bond acceptors (Lipinski definition) is 4. The number of benzene rings is 2. The first-order chi connectivity index (χ1) is 12.6. The topological polar surface area (TPSA) is 60.6 Å². The van der Waals surface area contributed by atoms with Gasteiger partial charge in [0.15, 0.2) is 17.3 Å². The number of ketones is 1. The summed E-state index contributed by atoms with van der Waals surface area (Å²) in [4.78, 5) is 16.2. The summed E-state index contributed by atoms with van der Waals surface area (Å²) in [6.07, 6.45) is 3.77. The summed E-state index contributed by atoms with van der Waals surface area (Å²) in [5.74, 6) is 1.15. The fraction of sp³-hybridized carbons (Fsp3) is 0.190. The molecule has 0 fully saturated rings. The van der Waals surface area contributed by atoms with Crippen LogP contribution in [0.25, 0.3) is 17.0 Å². The van der Waals surface area contributed by atoms with Crippen LogP contribution in [0.2, 0.25) is 0 Å². The zero-order valence-electron chi connectivity index (χ0n) is 15.3. The molecule has 1 aromatic heterocycles. The second-order valence-electron chi connectivity index (χ2n) is 5.83. The predicted molar refractivity (Wildman–Crippen MR) is 102 cm³/mol. The molecule has 134 valence electrons. The summed E-state index contributed by atoms with van der Waals surface area (Å²) in [5, 5.41) is 1.07. The molecule has 0 aliphatic carbocycles. The van der Waals surface area contributed by atoms with Crippen LogP contribution < -0.4 is 14.2 Å². The van der Waals surface area contributed by atoms with Gasteiger partial charge < -0.3 is 19.2 Å². The van der Waals surface area contributed by atoms with E-state index >= 15 is 0 Å². The van der Waals surface area contributed by atoms with Gasteiger partial charge in [-0.15, -0.1) is 0 Å². The third-order valence-corrected chi connectivity index (χ3v) is 4.30. The molecule has 0 atom stereocenters. The summed E-state index contributed by atoms with van der Waals surface area (Å²) in [5.41, 5.74) is 3.02. The second kappa shape index (κ2) is 7.35. The molecular formula is C21H21NO4. The molecule has 26 heavy (non-hydrogen) atoms. The van der Waals surface area contributed by atoms with Gasteiger partial charge in [-0.25, -0.2) is 0 Å². The number of aromatic nitrogens is 1. The number of allylic oxidation sites excluding steroid dienone is 1. The van der Waals surface area contributed by atoms with E-state index in [1.165, 1.54) is 14.2 Å². The zero-order valence-corrected chi connectivity index (χ0v) is 15.3. The highest BCUT2D eigenvalue weighted by Crippen LogP contribution is 2.40. The monoisotopic (exact) mass is 351 g/mol. The molecule has 0 aliphatic heterocycles. The fourth-order valence-corrected chi connectivity index (χ4v) is 3.00. The van der Waals surface area contributed by atoms with Crippen molar-refractivity contribution >= 4 is 22.8 Å². The van der Waals surface area contributed by atoms with Crippen molar-refractivity contribution in [2.75, 3.05) is 21.3 Å². The van der Waals surface area contributed by atoms with Gasteiger partial charge in [0.05, 0.1) is 26.9 Å². The van der Waals surface area contributed by atoms with E-state index in [2.05, 4.69) is 4.98 Å². The van der Waals surface area contributed by atoms with E-state index in [1.54, 1.807) is 26.2 Å². The number of Topliss-reactive ketones (excluding diaryl/α,β-unsaturated/α-hetero) is 1. The van der Waals surface area contributed by atoms with E-state index < -0.39 is 0 Å². The number of aromatic amines is 1. The van der Waals surface area contributed by atoms with E-state index in [9.17, 15) is 4.79 Å². The lowest BCUT2D eigenvalue weighted by atomic mass is 10.0. The molecule has 0 unspecified atom stereocenters. The highest BCUT2D eigenvalue weighted by Gasteiger charge is 2.21. The highest BCUT2D eigenvalue weighted by molar-refractivity contribution is 6.13. The number of carbonyl (C=O) groups is 1. The Morgan fingerprint density at radius 1 is 0.962 bits per heavy atom. The first kappa shape index (κ1) is 17.6. The normalized spacial score (nSPS) is 11.5. The Morgan fingerprint density at radius 3 is 2.38 bits per heavy atom. The summed E-state index contributed by atoms with van der Waals surface area (Å²) in [7, 11) is 4.57. The molecule has 1 heterocycles. The van der Waals surface area contributed by atoms with Gasteiger partial charge in [-0.2, -0.15) is 0 Å². The minimum Gasteiger partial charge on any atom is -0.493 e. The number of carbonyl (C=O) groups excluding carboxylic acids is 1. The quantitative estimate of drug-likeness (QED) is 0.525. The number of ether oxygens (including phenoxy) is 3. The lowest BCUT2D eigenvalue weighted by molar-refractivity contribution is 0.103. The smallest absolute Gasteiger partial charge is 0.204 e. The molecule has 5 heteroatoms. The van der Waals surface area contributed by atoms with Gasteiger partial charge >= 0.3 is 0 Å². The molecule has 1 N–H and O–H groups in total. The minimum absolute atomic E-state index is 0.131. The summed E-state index contributed by atoms with van der Waals surface area (Å²) >= 11 is 0. The van der Waals surface area contributed by atoms with Crippen molar-refractivity contribution in [3.63, 3.8) is 0 Å². The Hall–Kier alpha value is -3.21. The number of para-hydroxylation sites is 1. The van der Waals surface area contributed by atoms with E-state index in [0.717, 1.165) is 16.5 Å². The molecule has 3 aromatic rings. The van der Waals surface area contributed by atoms with Crippen LogP contribution in [-0.4, -0.2) is 32.1 Å². The lowest BCUT2D eigenvalue weighted by Gasteiger charge is -2.15. The predicted octanol–water partition coefficient (Wildman–Crippen LogP) is 4.48. The second-order valence-corrected chi connectivity index (χ2v) is 5.83. The SMILES string of the molecule is COc1ccc(C(=O)C(C)=Cc2c[nH]c3ccccc23)c(OC)c1OC.